The van der Waals surface area contributed by atoms with E-state index in [4.69, 9.17) is 11.6 Å². The zero-order chi connectivity index (χ0) is 20.3. The molecule has 0 unspecified atom stereocenters. The number of benzene rings is 2. The molecule has 8 heteroatoms. The molecular weight excluding hydrogens is 380 g/mol. The van der Waals surface area contributed by atoms with Crippen LogP contribution in [0.25, 0.3) is 10.8 Å². The van der Waals surface area contributed by atoms with Crippen LogP contribution in [0.4, 0.5) is 0 Å². The van der Waals surface area contributed by atoms with E-state index in [2.05, 4.69) is 16.0 Å². The molecule has 0 radical (unpaired) electrons. The highest BCUT2D eigenvalue weighted by Gasteiger charge is 2.18. The van der Waals surface area contributed by atoms with Crippen LogP contribution in [0.5, 0.6) is 0 Å². The number of nitrogens with one attached hydrogen (secondary N) is 2. The minimum absolute atomic E-state index is 0.0561. The quantitative estimate of drug-likeness (QED) is 0.661. The Morgan fingerprint density at radius 1 is 1.07 bits per heavy atom. The van der Waals surface area contributed by atoms with Crippen LogP contribution in [0.15, 0.2) is 53.3 Å². The van der Waals surface area contributed by atoms with Crippen LogP contribution in [-0.4, -0.2) is 21.6 Å². The molecule has 0 fully saturated rings. The van der Waals surface area contributed by atoms with Gasteiger partial charge >= 0.3 is 0 Å². The molecule has 2 N–H and O–H groups in total. The molecule has 1 heterocycles. The van der Waals surface area contributed by atoms with Crippen molar-refractivity contribution >= 4 is 34.2 Å². The summed E-state index contributed by atoms with van der Waals surface area (Å²) in [5, 5.41) is 5.54. The van der Waals surface area contributed by atoms with Gasteiger partial charge in [-0.05, 0) is 37.6 Å². The Morgan fingerprint density at radius 2 is 1.79 bits per heavy atom. The number of hydrogen-bond donors (Lipinski definition) is 2. The van der Waals surface area contributed by atoms with Crippen molar-refractivity contribution in [2.45, 2.75) is 26.3 Å². The van der Waals surface area contributed by atoms with E-state index in [1.165, 1.54) is 4.68 Å². The van der Waals surface area contributed by atoms with Crippen molar-refractivity contribution in [3.05, 3.63) is 75.2 Å². The second kappa shape index (κ2) is 8.22. The largest absolute Gasteiger partial charge is 0.290 e. The molecule has 2 amide bonds. The van der Waals surface area contributed by atoms with Crippen molar-refractivity contribution in [3.8, 4) is 0 Å². The highest BCUT2D eigenvalue weighted by Crippen LogP contribution is 2.15. The summed E-state index contributed by atoms with van der Waals surface area (Å²) in [6.45, 7) is 3.61. The average Bonchev–Trinajstić information content (AvgIpc) is 2.66. The number of amides is 2. The lowest BCUT2D eigenvalue weighted by Gasteiger charge is -2.13. The van der Waals surface area contributed by atoms with E-state index < -0.39 is 11.8 Å². The van der Waals surface area contributed by atoms with Gasteiger partial charge in [-0.2, -0.15) is 5.10 Å². The predicted molar refractivity (Wildman–Crippen MR) is 107 cm³/mol. The lowest BCUT2D eigenvalue weighted by molar-refractivity contribution is -0.121. The summed E-state index contributed by atoms with van der Waals surface area (Å²) in [7, 11) is 0. The van der Waals surface area contributed by atoms with Crippen LogP contribution in [0.3, 0.4) is 0 Å². The SMILES string of the molecule is CC(C)n1nc(C(=O)NNC(=O)Cc2cccc(Cl)c2)c2ccccc2c1=O. The highest BCUT2D eigenvalue weighted by atomic mass is 35.5. The molecule has 0 aliphatic carbocycles. The van der Waals surface area contributed by atoms with E-state index in [1.54, 1.807) is 62.4 Å². The van der Waals surface area contributed by atoms with Gasteiger partial charge in [-0.3, -0.25) is 25.2 Å². The highest BCUT2D eigenvalue weighted by molar-refractivity contribution is 6.30. The Balaban J connectivity index is 1.81. The molecule has 0 spiro atoms. The summed E-state index contributed by atoms with van der Waals surface area (Å²) in [5.41, 5.74) is 5.24. The van der Waals surface area contributed by atoms with Gasteiger partial charge < -0.3 is 0 Å². The smallest absolute Gasteiger partial charge is 0.273 e. The van der Waals surface area contributed by atoms with Gasteiger partial charge in [0.25, 0.3) is 11.5 Å². The first-order valence-electron chi connectivity index (χ1n) is 8.72. The second-order valence-electron chi connectivity index (χ2n) is 6.55. The number of hydrogen-bond acceptors (Lipinski definition) is 4. The van der Waals surface area contributed by atoms with Crippen molar-refractivity contribution in [3.63, 3.8) is 0 Å². The molecule has 0 atom stereocenters. The zero-order valence-corrected chi connectivity index (χ0v) is 16.2. The molecule has 3 aromatic rings. The fourth-order valence-electron chi connectivity index (χ4n) is 2.79. The van der Waals surface area contributed by atoms with Crippen LogP contribution in [0.2, 0.25) is 5.02 Å². The number of aromatic nitrogens is 2. The third kappa shape index (κ3) is 4.20. The molecular formula is C20H19ClN4O3. The molecule has 7 nitrogen and oxygen atoms in total. The molecule has 2 aromatic carbocycles. The molecule has 0 aliphatic heterocycles. The molecule has 0 saturated carbocycles. The predicted octanol–water partition coefficient (Wildman–Crippen LogP) is 2.63. The van der Waals surface area contributed by atoms with E-state index in [0.29, 0.717) is 15.8 Å². The van der Waals surface area contributed by atoms with Crippen LogP contribution < -0.4 is 16.4 Å². The van der Waals surface area contributed by atoms with E-state index in [9.17, 15) is 14.4 Å². The second-order valence-corrected chi connectivity index (χ2v) is 6.98. The van der Waals surface area contributed by atoms with Gasteiger partial charge in [0.15, 0.2) is 5.69 Å². The van der Waals surface area contributed by atoms with Crippen LogP contribution in [0.1, 0.15) is 35.9 Å². The zero-order valence-electron chi connectivity index (χ0n) is 15.4. The first-order chi connectivity index (χ1) is 13.4. The van der Waals surface area contributed by atoms with Crippen molar-refractivity contribution < 1.29 is 9.59 Å². The third-order valence-electron chi connectivity index (χ3n) is 4.10. The van der Waals surface area contributed by atoms with Crippen molar-refractivity contribution in [1.29, 1.82) is 0 Å². The summed E-state index contributed by atoms with van der Waals surface area (Å²) < 4.78 is 1.25. The minimum atomic E-state index is -0.606. The van der Waals surface area contributed by atoms with Crippen LogP contribution in [-0.2, 0) is 11.2 Å². The van der Waals surface area contributed by atoms with Crippen LogP contribution in [0, 0.1) is 0 Å². The van der Waals surface area contributed by atoms with Crippen molar-refractivity contribution in [2.24, 2.45) is 0 Å². The van der Waals surface area contributed by atoms with E-state index in [-0.39, 0.29) is 23.7 Å². The van der Waals surface area contributed by atoms with Gasteiger partial charge in [0.2, 0.25) is 5.91 Å². The molecule has 0 bridgehead atoms. The first-order valence-corrected chi connectivity index (χ1v) is 9.10. The first kappa shape index (κ1) is 19.6. The maximum atomic E-state index is 12.6. The van der Waals surface area contributed by atoms with Gasteiger partial charge in [0.05, 0.1) is 17.8 Å². The van der Waals surface area contributed by atoms with Gasteiger partial charge in [-0.15, -0.1) is 0 Å². The van der Waals surface area contributed by atoms with E-state index in [1.807, 2.05) is 0 Å². The lowest BCUT2D eigenvalue weighted by Crippen LogP contribution is -2.43. The summed E-state index contributed by atoms with van der Waals surface area (Å²) in [5.74, 6) is -1.01. The van der Waals surface area contributed by atoms with Gasteiger partial charge in [0.1, 0.15) is 0 Å². The van der Waals surface area contributed by atoms with Gasteiger partial charge in [-0.25, -0.2) is 4.68 Å². The number of halogens is 1. The Bertz CT molecular complexity index is 1110. The maximum Gasteiger partial charge on any atom is 0.290 e. The number of nitrogens with zero attached hydrogens (tertiary/aromatic N) is 2. The number of hydrazine groups is 1. The van der Waals surface area contributed by atoms with Gasteiger partial charge in [-0.1, -0.05) is 41.9 Å². The van der Waals surface area contributed by atoms with Crippen molar-refractivity contribution in [2.75, 3.05) is 0 Å². The molecule has 0 saturated heterocycles. The molecule has 0 aliphatic rings. The molecule has 1 aromatic heterocycles. The topological polar surface area (TPSA) is 93.1 Å². The van der Waals surface area contributed by atoms with Gasteiger partial charge in [0, 0.05) is 10.4 Å². The molecule has 28 heavy (non-hydrogen) atoms. The van der Waals surface area contributed by atoms with Crippen molar-refractivity contribution in [1.82, 2.24) is 20.6 Å². The van der Waals surface area contributed by atoms with E-state index >= 15 is 0 Å². The fraction of sp³-hybridized carbons (Fsp3) is 0.200. The summed E-state index contributed by atoms with van der Waals surface area (Å²) in [4.78, 5) is 37.3. The number of fused-ring (bicyclic) bond motifs is 1. The standard InChI is InChI=1S/C20H19ClN4O3/c1-12(2)25-20(28)16-9-4-3-8-15(16)18(24-25)19(27)23-22-17(26)11-13-6-5-7-14(21)10-13/h3-10,12H,11H2,1-2H3,(H,22,26)(H,23,27). The monoisotopic (exact) mass is 398 g/mol. The maximum absolute atomic E-state index is 12.6. The Kier molecular flexibility index (Phi) is 5.75. The summed E-state index contributed by atoms with van der Waals surface area (Å²) in [6.07, 6.45) is 0.0561. The summed E-state index contributed by atoms with van der Waals surface area (Å²) in [6, 6.07) is 13.4. The Hall–Kier alpha value is -3.19. The molecule has 144 valence electrons. The Morgan fingerprint density at radius 3 is 2.46 bits per heavy atom. The van der Waals surface area contributed by atoms with Crippen LogP contribution >= 0.6 is 11.6 Å². The Labute approximate surface area is 166 Å². The number of carbonyl (C=O) groups excluding carboxylic acids is 2. The normalized spacial score (nSPS) is 10.9. The average molecular weight is 399 g/mol. The summed E-state index contributed by atoms with van der Waals surface area (Å²) >= 11 is 5.91. The van der Waals surface area contributed by atoms with E-state index in [0.717, 1.165) is 5.56 Å². The third-order valence-corrected chi connectivity index (χ3v) is 4.34. The fourth-order valence-corrected chi connectivity index (χ4v) is 3.00. The molecule has 3 rings (SSSR count). The minimum Gasteiger partial charge on any atom is -0.273 e. The lowest BCUT2D eigenvalue weighted by atomic mass is 10.1. The number of rotatable bonds is 4. The number of carbonyl (C=O) groups is 2.